The molecule has 39 heavy (non-hydrogen) atoms. The van der Waals surface area contributed by atoms with E-state index < -0.39 is 33.6 Å². The lowest BCUT2D eigenvalue weighted by molar-refractivity contribution is -0.123. The lowest BCUT2D eigenvalue weighted by atomic mass is 10.1. The monoisotopic (exact) mass is 568 g/mol. The van der Waals surface area contributed by atoms with Gasteiger partial charge in [0.15, 0.2) is 15.0 Å². The number of rotatable bonds is 10. The Morgan fingerprint density at radius 1 is 1.03 bits per heavy atom. The zero-order valence-corrected chi connectivity index (χ0v) is 21.7. The Morgan fingerprint density at radius 2 is 1.74 bits per heavy atom. The van der Waals surface area contributed by atoms with E-state index in [9.17, 15) is 22.4 Å². The van der Waals surface area contributed by atoms with Crippen LogP contribution < -0.4 is 14.8 Å². The predicted molar refractivity (Wildman–Crippen MR) is 141 cm³/mol. The number of carboxylic acid groups (broad SMARTS) is 1. The molecular formula is C27H21FN2O7S2. The van der Waals surface area contributed by atoms with Crippen molar-refractivity contribution in [3.05, 3.63) is 95.9 Å². The first kappa shape index (κ1) is 26.3. The maximum atomic E-state index is 13.8. The molecule has 0 saturated heterocycles. The van der Waals surface area contributed by atoms with Crippen LogP contribution in [0.5, 0.6) is 16.6 Å². The van der Waals surface area contributed by atoms with E-state index in [-0.39, 0.29) is 26.6 Å². The number of ether oxygens (including phenoxy) is 2. The zero-order valence-electron chi connectivity index (χ0n) is 20.1. The van der Waals surface area contributed by atoms with Crippen LogP contribution in [-0.4, -0.2) is 35.6 Å². The van der Waals surface area contributed by atoms with Crippen LogP contribution in [0.4, 0.5) is 9.52 Å². The summed E-state index contributed by atoms with van der Waals surface area (Å²) >= 11 is 1.03. The van der Waals surface area contributed by atoms with Crippen molar-refractivity contribution in [2.75, 3.05) is 5.32 Å². The van der Waals surface area contributed by atoms with E-state index in [2.05, 4.69) is 10.3 Å². The van der Waals surface area contributed by atoms with Gasteiger partial charge in [0, 0.05) is 11.6 Å². The Kier molecular flexibility index (Phi) is 7.31. The molecule has 0 radical (unpaired) electrons. The van der Waals surface area contributed by atoms with Crippen molar-refractivity contribution in [2.45, 2.75) is 29.1 Å². The Hall–Kier alpha value is -4.29. The van der Waals surface area contributed by atoms with Gasteiger partial charge >= 0.3 is 5.97 Å². The number of sulfone groups is 1. The quantitative estimate of drug-likeness (QED) is 0.258. The van der Waals surface area contributed by atoms with E-state index in [0.29, 0.717) is 29.2 Å². The van der Waals surface area contributed by atoms with Gasteiger partial charge in [0.05, 0.1) is 21.9 Å². The summed E-state index contributed by atoms with van der Waals surface area (Å²) in [5.74, 6) is -1.73. The molecule has 1 aliphatic rings. The molecule has 1 aliphatic carbocycles. The van der Waals surface area contributed by atoms with Crippen molar-refractivity contribution >= 4 is 38.2 Å². The second kappa shape index (κ2) is 10.8. The molecule has 1 saturated carbocycles. The fourth-order valence-corrected chi connectivity index (χ4v) is 6.02. The van der Waals surface area contributed by atoms with Gasteiger partial charge in [0.1, 0.15) is 17.3 Å². The number of carbonyl (C=O) groups excluding carboxylic acids is 1. The molecule has 0 aliphatic heterocycles. The van der Waals surface area contributed by atoms with Crippen LogP contribution in [0.15, 0.2) is 83.9 Å². The highest BCUT2D eigenvalue weighted by molar-refractivity contribution is 7.92. The van der Waals surface area contributed by atoms with E-state index in [1.54, 1.807) is 0 Å². The number of carbonyl (C=O) groups is 2. The summed E-state index contributed by atoms with van der Waals surface area (Å²) in [5, 5.41) is 11.8. The third-order valence-corrected chi connectivity index (χ3v) is 8.87. The summed E-state index contributed by atoms with van der Waals surface area (Å²) in [6, 6.07) is 17.0. The predicted octanol–water partition coefficient (Wildman–Crippen LogP) is 5.47. The molecule has 4 aromatic rings. The number of halogens is 1. The lowest BCUT2D eigenvalue weighted by Crippen LogP contribution is -2.25. The minimum atomic E-state index is -3.41. The van der Waals surface area contributed by atoms with Crippen molar-refractivity contribution < 1.29 is 37.0 Å². The highest BCUT2D eigenvalue weighted by Crippen LogP contribution is 2.35. The summed E-state index contributed by atoms with van der Waals surface area (Å²) in [5.41, 5.74) is 0.472. The average molecular weight is 569 g/mol. The third-order valence-electron chi connectivity index (χ3n) is 5.80. The molecule has 1 unspecified atom stereocenters. The first-order valence-electron chi connectivity index (χ1n) is 11.7. The van der Waals surface area contributed by atoms with E-state index in [4.69, 9.17) is 14.6 Å². The van der Waals surface area contributed by atoms with Gasteiger partial charge in [0.2, 0.25) is 11.2 Å². The van der Waals surface area contributed by atoms with Crippen LogP contribution in [0.1, 0.15) is 34.9 Å². The maximum Gasteiger partial charge on any atom is 0.335 e. The van der Waals surface area contributed by atoms with Gasteiger partial charge < -0.3 is 14.6 Å². The number of hydrogen-bond donors (Lipinski definition) is 2. The molecule has 1 amide bonds. The average Bonchev–Trinajstić information content (AvgIpc) is 3.70. The molecular weight excluding hydrogens is 547 g/mol. The number of aromatic carboxylic acids is 1. The molecule has 9 nitrogen and oxygen atoms in total. The van der Waals surface area contributed by atoms with Crippen molar-refractivity contribution in [3.63, 3.8) is 0 Å². The number of anilines is 1. The van der Waals surface area contributed by atoms with Gasteiger partial charge in [0.25, 0.3) is 5.91 Å². The first-order valence-corrected chi connectivity index (χ1v) is 14.1. The van der Waals surface area contributed by atoms with Crippen molar-refractivity contribution in [1.29, 1.82) is 0 Å². The number of benzene rings is 3. The molecule has 0 bridgehead atoms. The molecule has 1 aromatic heterocycles. The lowest BCUT2D eigenvalue weighted by Gasteiger charge is -2.19. The van der Waals surface area contributed by atoms with Crippen molar-refractivity contribution in [1.82, 2.24) is 4.98 Å². The van der Waals surface area contributed by atoms with Gasteiger partial charge in [-0.1, -0.05) is 29.5 Å². The molecule has 1 atom stereocenters. The Morgan fingerprint density at radius 3 is 2.38 bits per heavy atom. The van der Waals surface area contributed by atoms with E-state index >= 15 is 0 Å². The fourth-order valence-electron chi connectivity index (χ4n) is 3.67. The summed E-state index contributed by atoms with van der Waals surface area (Å²) in [7, 11) is -3.41. The summed E-state index contributed by atoms with van der Waals surface area (Å²) in [4.78, 5) is 28.6. The van der Waals surface area contributed by atoms with Crippen LogP contribution in [0.2, 0.25) is 0 Å². The minimum Gasteiger partial charge on any atom is -0.478 e. The van der Waals surface area contributed by atoms with Crippen molar-refractivity contribution in [3.8, 4) is 16.6 Å². The third kappa shape index (κ3) is 6.24. The van der Waals surface area contributed by atoms with E-state index in [0.717, 1.165) is 17.4 Å². The number of nitrogens with zero attached hydrogens (tertiary/aromatic N) is 1. The Labute approximate surface area is 226 Å². The van der Waals surface area contributed by atoms with E-state index in [1.165, 1.54) is 72.9 Å². The minimum absolute atomic E-state index is 0.109. The maximum absolute atomic E-state index is 13.8. The summed E-state index contributed by atoms with van der Waals surface area (Å²) in [6.07, 6.45) is 1.41. The van der Waals surface area contributed by atoms with Crippen LogP contribution >= 0.6 is 11.3 Å². The van der Waals surface area contributed by atoms with Gasteiger partial charge in [-0.2, -0.15) is 0 Å². The van der Waals surface area contributed by atoms with Gasteiger partial charge in [-0.25, -0.2) is 22.6 Å². The van der Waals surface area contributed by atoms with Crippen LogP contribution in [-0.2, 0) is 14.6 Å². The van der Waals surface area contributed by atoms with Gasteiger partial charge in [-0.15, -0.1) is 0 Å². The molecule has 1 heterocycles. The number of aromatic nitrogens is 1. The number of thiazole rings is 1. The standard InChI is InChI=1S/C27H21FN2O7S2/c28-18-2-1-3-20(14-18)37-24(16-6-10-21(11-7-16)39(34,35)22-12-13-22)25(31)30-27-29-15-23(38-27)36-19-8-4-17(5-9-19)26(32)33/h1-11,14-15,22,24H,12-13H2,(H,32,33)(H,29,30,31). The Balaban J connectivity index is 1.34. The number of amides is 1. The Bertz CT molecular complexity index is 1620. The molecule has 5 rings (SSSR count). The smallest absolute Gasteiger partial charge is 0.335 e. The zero-order chi connectivity index (χ0) is 27.6. The van der Waals surface area contributed by atoms with E-state index in [1.807, 2.05) is 0 Å². The van der Waals surface area contributed by atoms with Gasteiger partial charge in [-0.05, 0) is 61.4 Å². The number of hydrogen-bond acceptors (Lipinski definition) is 8. The fraction of sp³-hybridized carbons (Fsp3) is 0.148. The number of nitrogens with one attached hydrogen (secondary N) is 1. The first-order chi connectivity index (χ1) is 18.7. The second-order valence-electron chi connectivity index (χ2n) is 8.67. The molecule has 1 fully saturated rings. The molecule has 3 aromatic carbocycles. The topological polar surface area (TPSA) is 132 Å². The SMILES string of the molecule is O=C(O)c1ccc(Oc2cnc(NC(=O)C(Oc3cccc(F)c3)c3ccc(S(=O)(=O)C4CC4)cc3)s2)cc1. The molecule has 2 N–H and O–H groups in total. The largest absolute Gasteiger partial charge is 0.478 e. The molecule has 12 heteroatoms. The van der Waals surface area contributed by atoms with Crippen LogP contribution in [0, 0.1) is 5.82 Å². The van der Waals surface area contributed by atoms with Gasteiger partial charge in [-0.3, -0.25) is 10.1 Å². The second-order valence-corrected chi connectivity index (χ2v) is 11.9. The van der Waals surface area contributed by atoms with Crippen molar-refractivity contribution in [2.24, 2.45) is 0 Å². The highest BCUT2D eigenvalue weighted by Gasteiger charge is 2.37. The molecule has 200 valence electrons. The number of carboxylic acids is 1. The molecule has 0 spiro atoms. The highest BCUT2D eigenvalue weighted by atomic mass is 32.2. The summed E-state index contributed by atoms with van der Waals surface area (Å²) in [6.45, 7) is 0. The normalized spacial score (nSPS) is 13.9. The van der Waals surface area contributed by atoms with Crippen LogP contribution in [0.3, 0.4) is 0 Å². The summed E-state index contributed by atoms with van der Waals surface area (Å²) < 4.78 is 50.4. The van der Waals surface area contributed by atoms with Crippen LogP contribution in [0.25, 0.3) is 0 Å².